The molecule has 0 aromatic rings. The molecule has 0 fully saturated rings. The van der Waals surface area contributed by atoms with E-state index < -0.39 is 0 Å². The second-order valence-electron chi connectivity index (χ2n) is 1.39. The number of hydrogen-bond acceptors (Lipinski definition) is 4. The van der Waals surface area contributed by atoms with Crippen LogP contribution in [0.3, 0.4) is 0 Å². The summed E-state index contributed by atoms with van der Waals surface area (Å²) < 4.78 is 0. The van der Waals surface area contributed by atoms with Crippen molar-refractivity contribution in [2.75, 3.05) is 13.3 Å². The molecule has 0 aromatic carbocycles. The summed E-state index contributed by atoms with van der Waals surface area (Å²) in [6.45, 7) is 0.121. The quantitative estimate of drug-likeness (QED) is 0.259. The molecular formula is C4H10N2O3. The maximum absolute atomic E-state index is 10.4. The smallest absolute Gasteiger partial charge is 0.223 e. The van der Waals surface area contributed by atoms with Gasteiger partial charge in [-0.2, -0.15) is 0 Å². The van der Waals surface area contributed by atoms with Gasteiger partial charge in [-0.1, -0.05) is 0 Å². The first-order chi connectivity index (χ1) is 4.31. The lowest BCUT2D eigenvalue weighted by atomic mass is 10.4. The lowest BCUT2D eigenvalue weighted by molar-refractivity contribution is -0.242. The van der Waals surface area contributed by atoms with Crippen LogP contribution in [-0.2, 0) is 9.68 Å². The first-order valence-electron chi connectivity index (χ1n) is 2.54. The first kappa shape index (κ1) is 8.35. The number of carbonyl (C=O) groups excluding carboxylic acids is 1. The topological polar surface area (TPSA) is 84.6 Å². The van der Waals surface area contributed by atoms with Crippen LogP contribution in [0, 0.1) is 0 Å². The second-order valence-corrected chi connectivity index (χ2v) is 1.39. The van der Waals surface area contributed by atoms with Gasteiger partial charge in [0.1, 0.15) is 0 Å². The number of nitrogens with one attached hydrogen (secondary N) is 1. The SMILES string of the molecule is NCNC(=O)CCOO. The van der Waals surface area contributed by atoms with Gasteiger partial charge in [-0.15, -0.1) is 0 Å². The Kier molecular flexibility index (Phi) is 5.09. The third-order valence-corrected chi connectivity index (χ3v) is 0.720. The van der Waals surface area contributed by atoms with Gasteiger partial charge < -0.3 is 11.1 Å². The average molecular weight is 134 g/mol. The summed E-state index contributed by atoms with van der Waals surface area (Å²) >= 11 is 0. The molecule has 5 nitrogen and oxygen atoms in total. The van der Waals surface area contributed by atoms with Gasteiger partial charge in [-0.05, 0) is 0 Å². The normalized spacial score (nSPS) is 9.11. The van der Waals surface area contributed by atoms with E-state index in [2.05, 4.69) is 10.2 Å². The molecule has 0 aliphatic heterocycles. The van der Waals surface area contributed by atoms with E-state index >= 15 is 0 Å². The zero-order valence-electron chi connectivity index (χ0n) is 4.96. The van der Waals surface area contributed by atoms with Crippen LogP contribution in [-0.4, -0.2) is 24.4 Å². The number of rotatable bonds is 4. The van der Waals surface area contributed by atoms with Crippen molar-refractivity contribution < 1.29 is 14.9 Å². The molecule has 4 N–H and O–H groups in total. The lowest BCUT2D eigenvalue weighted by Gasteiger charge is -1.97. The van der Waals surface area contributed by atoms with Crippen molar-refractivity contribution >= 4 is 5.91 Å². The summed E-state index contributed by atoms with van der Waals surface area (Å²) in [6, 6.07) is 0. The highest BCUT2D eigenvalue weighted by atomic mass is 17.1. The van der Waals surface area contributed by atoms with E-state index in [1.807, 2.05) is 0 Å². The van der Waals surface area contributed by atoms with Crippen LogP contribution in [0.5, 0.6) is 0 Å². The zero-order chi connectivity index (χ0) is 7.11. The number of carbonyl (C=O) groups is 1. The van der Waals surface area contributed by atoms with Crippen molar-refractivity contribution in [1.29, 1.82) is 0 Å². The predicted octanol–water partition coefficient (Wildman–Crippen LogP) is -1.10. The third-order valence-electron chi connectivity index (χ3n) is 0.720. The van der Waals surface area contributed by atoms with Crippen molar-refractivity contribution in [2.24, 2.45) is 5.73 Å². The van der Waals surface area contributed by atoms with Crippen LogP contribution < -0.4 is 11.1 Å². The van der Waals surface area contributed by atoms with Crippen molar-refractivity contribution in [3.05, 3.63) is 0 Å². The molecular weight excluding hydrogens is 124 g/mol. The molecule has 0 unspecified atom stereocenters. The second kappa shape index (κ2) is 5.49. The van der Waals surface area contributed by atoms with Gasteiger partial charge >= 0.3 is 0 Å². The van der Waals surface area contributed by atoms with Crippen molar-refractivity contribution in [2.45, 2.75) is 6.42 Å². The minimum Gasteiger partial charge on any atom is -0.344 e. The van der Waals surface area contributed by atoms with Crippen molar-refractivity contribution in [3.8, 4) is 0 Å². The van der Waals surface area contributed by atoms with E-state index in [9.17, 15) is 4.79 Å². The summed E-state index contributed by atoms with van der Waals surface area (Å²) in [5, 5.41) is 10.1. The predicted molar refractivity (Wildman–Crippen MR) is 30.4 cm³/mol. The van der Waals surface area contributed by atoms with Gasteiger partial charge in [-0.25, -0.2) is 4.89 Å². The number of hydrogen-bond donors (Lipinski definition) is 3. The van der Waals surface area contributed by atoms with E-state index in [0.717, 1.165) is 0 Å². The van der Waals surface area contributed by atoms with Crippen molar-refractivity contribution in [1.82, 2.24) is 5.32 Å². The van der Waals surface area contributed by atoms with Crippen LogP contribution >= 0.6 is 0 Å². The molecule has 0 radical (unpaired) electrons. The zero-order valence-corrected chi connectivity index (χ0v) is 4.96. The van der Waals surface area contributed by atoms with Crippen LogP contribution in [0.15, 0.2) is 0 Å². The van der Waals surface area contributed by atoms with Crippen LogP contribution in [0.2, 0.25) is 0 Å². The summed E-state index contributed by atoms with van der Waals surface area (Å²) in [7, 11) is 0. The number of amides is 1. The fourth-order valence-corrected chi connectivity index (χ4v) is 0.341. The molecule has 0 atom stereocenters. The van der Waals surface area contributed by atoms with Gasteiger partial charge in [0.25, 0.3) is 0 Å². The van der Waals surface area contributed by atoms with Gasteiger partial charge in [0.2, 0.25) is 5.91 Å². The lowest BCUT2D eigenvalue weighted by Crippen LogP contribution is -2.29. The minimum atomic E-state index is -0.230. The molecule has 0 aliphatic rings. The van der Waals surface area contributed by atoms with Crippen LogP contribution in [0.25, 0.3) is 0 Å². The number of nitrogens with two attached hydrogens (primary N) is 1. The molecule has 0 bridgehead atoms. The van der Waals surface area contributed by atoms with Gasteiger partial charge in [-0.3, -0.25) is 10.1 Å². The van der Waals surface area contributed by atoms with Gasteiger partial charge in [0.05, 0.1) is 19.7 Å². The largest absolute Gasteiger partial charge is 0.344 e. The maximum atomic E-state index is 10.4. The molecule has 0 saturated carbocycles. The highest BCUT2D eigenvalue weighted by molar-refractivity contribution is 5.75. The van der Waals surface area contributed by atoms with E-state index in [1.54, 1.807) is 0 Å². The average Bonchev–Trinajstić information content (AvgIpc) is 1.85. The summed E-state index contributed by atoms with van der Waals surface area (Å²) in [6.07, 6.45) is 0.133. The fourth-order valence-electron chi connectivity index (χ4n) is 0.341. The summed E-state index contributed by atoms with van der Waals surface area (Å²) in [5.74, 6) is -0.230. The first-order valence-corrected chi connectivity index (χ1v) is 2.54. The Balaban J connectivity index is 3.06. The molecule has 0 aliphatic carbocycles. The molecule has 0 heterocycles. The Labute approximate surface area is 52.7 Å². The monoisotopic (exact) mass is 134 g/mol. The summed E-state index contributed by atoms with van der Waals surface area (Å²) in [4.78, 5) is 14.1. The molecule has 0 aromatic heterocycles. The molecule has 0 rings (SSSR count). The highest BCUT2D eigenvalue weighted by Crippen LogP contribution is 1.77. The Morgan fingerprint density at radius 2 is 2.44 bits per heavy atom. The molecule has 9 heavy (non-hydrogen) atoms. The van der Waals surface area contributed by atoms with E-state index in [-0.39, 0.29) is 25.6 Å². The Morgan fingerprint density at radius 1 is 1.78 bits per heavy atom. The van der Waals surface area contributed by atoms with Crippen LogP contribution in [0.1, 0.15) is 6.42 Å². The maximum Gasteiger partial charge on any atom is 0.223 e. The molecule has 0 saturated heterocycles. The summed E-state index contributed by atoms with van der Waals surface area (Å²) in [5.41, 5.74) is 4.97. The molecule has 1 amide bonds. The van der Waals surface area contributed by atoms with Crippen molar-refractivity contribution in [3.63, 3.8) is 0 Å². The Hall–Kier alpha value is -0.650. The third kappa shape index (κ3) is 5.22. The Morgan fingerprint density at radius 3 is 2.89 bits per heavy atom. The van der Waals surface area contributed by atoms with Gasteiger partial charge in [0, 0.05) is 0 Å². The van der Waals surface area contributed by atoms with E-state index in [0.29, 0.717) is 0 Å². The molecule has 54 valence electrons. The van der Waals surface area contributed by atoms with E-state index in [1.165, 1.54) is 0 Å². The van der Waals surface area contributed by atoms with Crippen LogP contribution in [0.4, 0.5) is 0 Å². The highest BCUT2D eigenvalue weighted by Gasteiger charge is 1.96. The minimum absolute atomic E-state index is 0.00579. The Bertz CT molecular complexity index is 85.9. The van der Waals surface area contributed by atoms with E-state index in [4.69, 9.17) is 11.0 Å². The molecule has 5 heteroatoms. The standard InChI is InChI=1S/C4H10N2O3/c5-3-6-4(7)1-2-9-8/h8H,1-3,5H2,(H,6,7). The van der Waals surface area contributed by atoms with Gasteiger partial charge in [0.15, 0.2) is 0 Å². The fraction of sp³-hybridized carbons (Fsp3) is 0.750. The molecule has 0 spiro atoms.